The fourth-order valence-corrected chi connectivity index (χ4v) is 5.06. The number of amides is 4. The fraction of sp³-hybridized carbons (Fsp3) is 0.692. The minimum absolute atomic E-state index is 0.0271. The van der Waals surface area contributed by atoms with E-state index in [1.807, 2.05) is 0 Å². The summed E-state index contributed by atoms with van der Waals surface area (Å²) in [5.74, 6) is -3.79. The van der Waals surface area contributed by atoms with E-state index in [-0.39, 0.29) is 9.44 Å². The monoisotopic (exact) mass is 724 g/mol. The number of esters is 1. The summed E-state index contributed by atoms with van der Waals surface area (Å²) in [5, 5.41) is 7.88. The van der Waals surface area contributed by atoms with Crippen LogP contribution in [0, 0.1) is 0 Å². The van der Waals surface area contributed by atoms with Crippen LogP contribution in [0.25, 0.3) is 0 Å². The Bertz CT molecular complexity index is 1430. The number of hydrogen-bond donors (Lipinski definition) is 4. The van der Waals surface area contributed by atoms with Gasteiger partial charge in [0.05, 0.1) is 0 Å². The van der Waals surface area contributed by atoms with Crippen LogP contribution in [0.1, 0.15) is 68.1 Å². The molecule has 1 aromatic heterocycles. The van der Waals surface area contributed by atoms with Gasteiger partial charge in [-0.05, 0) is 61.2 Å². The summed E-state index contributed by atoms with van der Waals surface area (Å²) in [7, 11) is -5.09. The lowest BCUT2D eigenvalue weighted by atomic mass is 9.99. The molecular formula is C26H44N8O12S2. The number of carbonyl (C=O) groups excluding carboxylic acids is 5. The summed E-state index contributed by atoms with van der Waals surface area (Å²) < 4.78 is 51.0. The van der Waals surface area contributed by atoms with Crippen molar-refractivity contribution in [1.29, 1.82) is 0 Å². The minimum atomic E-state index is -5.09. The first-order valence-electron chi connectivity index (χ1n) is 14.5. The first kappa shape index (κ1) is 41.9. The maximum Gasteiger partial charge on any atom is 0.414 e. The summed E-state index contributed by atoms with van der Waals surface area (Å²) in [6.45, 7) is 18.3. The van der Waals surface area contributed by atoms with Crippen LogP contribution < -0.4 is 16.4 Å². The predicted molar refractivity (Wildman–Crippen MR) is 171 cm³/mol. The van der Waals surface area contributed by atoms with Crippen LogP contribution in [-0.4, -0.2) is 123 Å². The fourth-order valence-electron chi connectivity index (χ4n) is 3.64. The smallest absolute Gasteiger partial charge is 0.414 e. The average molecular weight is 725 g/mol. The molecule has 20 nitrogen and oxygen atoms in total. The largest absolute Gasteiger partial charge is 0.457 e. The molecule has 0 aromatic carbocycles. The van der Waals surface area contributed by atoms with Crippen molar-refractivity contribution in [3.8, 4) is 0 Å². The molecule has 0 bridgehead atoms. The van der Waals surface area contributed by atoms with E-state index in [9.17, 15) is 36.9 Å². The number of rotatable bonds is 13. The Labute approximate surface area is 282 Å². The van der Waals surface area contributed by atoms with Gasteiger partial charge in [0.25, 0.3) is 11.8 Å². The van der Waals surface area contributed by atoms with Crippen LogP contribution in [0.15, 0.2) is 5.16 Å². The van der Waals surface area contributed by atoms with Gasteiger partial charge >= 0.3 is 28.5 Å². The second-order valence-corrected chi connectivity index (χ2v) is 13.8. The van der Waals surface area contributed by atoms with Gasteiger partial charge < -0.3 is 35.0 Å². The molecule has 0 spiro atoms. The molecule has 1 saturated heterocycles. The number of oxime groups is 1. The molecule has 4 amide bonds. The third-order valence-electron chi connectivity index (χ3n) is 5.66. The molecule has 1 aliphatic rings. The van der Waals surface area contributed by atoms with Crippen molar-refractivity contribution in [2.45, 2.75) is 85.6 Å². The molecule has 1 fully saturated rings. The van der Waals surface area contributed by atoms with E-state index in [1.54, 1.807) is 41.5 Å². The lowest BCUT2D eigenvalue weighted by Gasteiger charge is -2.43. The molecular weight excluding hydrogens is 680 g/mol. The number of carbonyl (C=O) groups is 5. The standard InChI is InChI=1S/C20H29N7O12S2.C6H15N/c1-19(2,3)38-10(28)8-37-25-12(13-23-17(40-26-13)24-18(32)39-20(4,5)6)14(29)22-11-9(7-36-16(21)31)27(15(11)30)41(33,34)35;1-4-7(5-2)6-3/h9,11H,7-8H2,1-6H3,(H2,21,31)(H,22,29)(H,33,34,35)(H,23,24,26,32);4-6H2,1-3H3/t9-,11+;/m1./s1. The van der Waals surface area contributed by atoms with E-state index >= 15 is 0 Å². The molecule has 1 aromatic rings. The maximum atomic E-state index is 13.1. The molecule has 2 heterocycles. The van der Waals surface area contributed by atoms with Gasteiger partial charge in [-0.1, -0.05) is 25.9 Å². The van der Waals surface area contributed by atoms with Gasteiger partial charge in [-0.2, -0.15) is 17.8 Å². The highest BCUT2D eigenvalue weighted by Crippen LogP contribution is 2.24. The number of primary amides is 1. The van der Waals surface area contributed by atoms with Crippen molar-refractivity contribution in [3.05, 3.63) is 5.82 Å². The van der Waals surface area contributed by atoms with Crippen LogP contribution in [-0.2, 0) is 43.7 Å². The van der Waals surface area contributed by atoms with Gasteiger partial charge in [-0.25, -0.2) is 18.7 Å². The van der Waals surface area contributed by atoms with E-state index in [2.05, 4.69) is 55.6 Å². The summed E-state index contributed by atoms with van der Waals surface area (Å²) >= 11 is 0.612. The third-order valence-corrected chi connectivity index (χ3v) is 7.24. The lowest BCUT2D eigenvalue weighted by molar-refractivity contribution is -0.160. The molecule has 2 atom stereocenters. The van der Waals surface area contributed by atoms with Gasteiger partial charge in [-0.3, -0.25) is 19.5 Å². The number of ether oxygens (including phenoxy) is 3. The van der Waals surface area contributed by atoms with Crippen LogP contribution in [0.5, 0.6) is 0 Å². The number of nitrogens with two attached hydrogens (primary N) is 1. The zero-order valence-electron chi connectivity index (χ0n) is 28.3. The van der Waals surface area contributed by atoms with Crippen LogP contribution in [0.2, 0.25) is 0 Å². The Hall–Kier alpha value is -4.15. The number of nitrogens with zero attached hydrogens (tertiary/aromatic N) is 5. The van der Waals surface area contributed by atoms with Crippen LogP contribution >= 0.6 is 11.5 Å². The van der Waals surface area contributed by atoms with E-state index in [1.165, 1.54) is 19.6 Å². The quantitative estimate of drug-likeness (QED) is 0.0549. The van der Waals surface area contributed by atoms with E-state index in [0.29, 0.717) is 11.5 Å². The molecule has 1 aliphatic heterocycles. The molecule has 5 N–H and O–H groups in total. The molecule has 0 aliphatic carbocycles. The SMILES string of the molecule is CC(C)(C)OC(=O)CON=C(C(=O)N[C@@H]1C(=O)N(S(=O)(=O)O)[C@@H]1COC(N)=O)c1nsc(NC(=O)OC(C)(C)C)n1.CCN(CC)CC. The minimum Gasteiger partial charge on any atom is -0.457 e. The summed E-state index contributed by atoms with van der Waals surface area (Å²) in [5.41, 5.74) is 2.48. The lowest BCUT2D eigenvalue weighted by Crippen LogP contribution is -2.73. The topological polar surface area (TPSA) is 271 Å². The zero-order valence-corrected chi connectivity index (χ0v) is 29.9. The van der Waals surface area contributed by atoms with Crippen molar-refractivity contribution in [2.24, 2.45) is 10.9 Å². The highest BCUT2D eigenvalue weighted by Gasteiger charge is 2.55. The molecule has 2 rings (SSSR count). The van der Waals surface area contributed by atoms with Crippen molar-refractivity contribution in [1.82, 2.24) is 23.9 Å². The Morgan fingerprint density at radius 3 is 2.06 bits per heavy atom. The van der Waals surface area contributed by atoms with Crippen molar-refractivity contribution >= 4 is 62.7 Å². The third kappa shape index (κ3) is 14.3. The Morgan fingerprint density at radius 2 is 1.60 bits per heavy atom. The zero-order chi connectivity index (χ0) is 37.0. The Balaban J connectivity index is 0.00000148. The number of hydrogen-bond acceptors (Lipinski definition) is 16. The van der Waals surface area contributed by atoms with E-state index in [0.717, 1.165) is 0 Å². The van der Waals surface area contributed by atoms with Gasteiger partial charge in [0.2, 0.25) is 23.3 Å². The first-order valence-corrected chi connectivity index (χ1v) is 16.7. The normalized spacial score (nSPS) is 16.6. The van der Waals surface area contributed by atoms with E-state index < -0.39 is 88.3 Å². The van der Waals surface area contributed by atoms with E-state index in [4.69, 9.17) is 20.0 Å². The number of nitrogens with one attached hydrogen (secondary N) is 2. The van der Waals surface area contributed by atoms with Gasteiger partial charge in [-0.15, -0.1) is 0 Å². The van der Waals surface area contributed by atoms with Gasteiger partial charge in [0.15, 0.2) is 0 Å². The molecule has 272 valence electrons. The van der Waals surface area contributed by atoms with Crippen molar-refractivity contribution in [3.63, 3.8) is 0 Å². The Morgan fingerprint density at radius 1 is 1.04 bits per heavy atom. The molecule has 22 heteroatoms. The predicted octanol–water partition coefficient (Wildman–Crippen LogP) is 0.889. The highest BCUT2D eigenvalue weighted by atomic mass is 32.2. The molecule has 48 heavy (non-hydrogen) atoms. The van der Waals surface area contributed by atoms with Crippen LogP contribution in [0.3, 0.4) is 0 Å². The first-order chi connectivity index (χ1) is 22.0. The highest BCUT2D eigenvalue weighted by molar-refractivity contribution is 7.84. The molecule has 0 unspecified atom stereocenters. The van der Waals surface area contributed by atoms with Gasteiger partial charge in [0, 0.05) is 11.5 Å². The molecule has 0 radical (unpaired) electrons. The number of aromatic nitrogens is 2. The van der Waals surface area contributed by atoms with Gasteiger partial charge in [0.1, 0.15) is 29.9 Å². The summed E-state index contributed by atoms with van der Waals surface area (Å²) in [6.07, 6.45) is -2.20. The van der Waals surface area contributed by atoms with Crippen LogP contribution in [0.4, 0.5) is 14.7 Å². The van der Waals surface area contributed by atoms with Crippen molar-refractivity contribution in [2.75, 3.05) is 38.2 Å². The maximum absolute atomic E-state index is 13.1. The molecule has 0 saturated carbocycles. The average Bonchev–Trinajstić information content (AvgIpc) is 3.37. The number of anilines is 1. The number of β-lactam (4-membered cyclic amide) rings is 1. The summed E-state index contributed by atoms with van der Waals surface area (Å²) in [4.78, 5) is 71.8. The second-order valence-electron chi connectivity index (χ2n) is 11.7. The Kier molecular flexibility index (Phi) is 15.6. The summed E-state index contributed by atoms with van der Waals surface area (Å²) in [6, 6.07) is -3.23. The van der Waals surface area contributed by atoms with Crippen molar-refractivity contribution < 1.29 is 56.0 Å². The second kappa shape index (κ2) is 17.8.